The van der Waals surface area contributed by atoms with Gasteiger partial charge in [-0.05, 0) is 49.2 Å². The van der Waals surface area contributed by atoms with Crippen molar-refractivity contribution < 1.29 is 13.9 Å². The second-order valence-electron chi connectivity index (χ2n) is 6.06. The van der Waals surface area contributed by atoms with Crippen LogP contribution in [0.2, 0.25) is 0 Å². The van der Waals surface area contributed by atoms with Crippen LogP contribution in [-0.2, 0) is 6.61 Å². The first-order valence-corrected chi connectivity index (χ1v) is 8.90. The Bertz CT molecular complexity index is 701. The fourth-order valence-corrected chi connectivity index (χ4v) is 3.09. The van der Waals surface area contributed by atoms with Crippen LogP contribution in [0, 0.1) is 5.92 Å². The van der Waals surface area contributed by atoms with Crippen LogP contribution < -0.4 is 15.4 Å². The maximum atomic E-state index is 12.3. The molecule has 5 nitrogen and oxygen atoms in total. The summed E-state index contributed by atoms with van der Waals surface area (Å²) in [5.74, 6) is 1.97. The summed E-state index contributed by atoms with van der Waals surface area (Å²) in [5, 5.41) is 6.34. The third kappa shape index (κ3) is 4.39. The zero-order chi connectivity index (χ0) is 16.9. The van der Waals surface area contributed by atoms with Gasteiger partial charge in [0.2, 0.25) is 0 Å². The Morgan fingerprint density at radius 2 is 2.29 bits per heavy atom. The second kappa shape index (κ2) is 7.85. The number of nitrogens with one attached hydrogen (secondary N) is 2. The molecule has 1 amide bonds. The van der Waals surface area contributed by atoms with Crippen molar-refractivity contribution in [3.63, 3.8) is 0 Å². The molecule has 1 aliphatic heterocycles. The Kier molecular flexibility index (Phi) is 5.58. The van der Waals surface area contributed by atoms with Gasteiger partial charge in [-0.1, -0.05) is 28.9 Å². The summed E-state index contributed by atoms with van der Waals surface area (Å²) in [5.41, 5.74) is 0. The molecule has 2 N–H and O–H groups in total. The maximum absolute atomic E-state index is 12.3. The smallest absolute Gasteiger partial charge is 0.287 e. The number of hydrogen-bond donors (Lipinski definition) is 2. The van der Waals surface area contributed by atoms with E-state index in [1.165, 1.54) is 0 Å². The van der Waals surface area contributed by atoms with E-state index in [2.05, 4.69) is 33.5 Å². The Morgan fingerprint density at radius 1 is 1.42 bits per heavy atom. The number of ether oxygens (including phenoxy) is 1. The number of hydrogen-bond acceptors (Lipinski definition) is 4. The van der Waals surface area contributed by atoms with Gasteiger partial charge in [0.05, 0.1) is 0 Å². The minimum absolute atomic E-state index is 0.137. The highest BCUT2D eigenvalue weighted by molar-refractivity contribution is 9.10. The standard InChI is InChI=1S/C18H21BrN2O3/c1-12-7-8-20-10-16(12)21-18(22)17-6-5-15(24-17)11-23-14-4-2-3-13(19)9-14/h2-6,9,12,16,20H,7-8,10-11H2,1H3,(H,21,22). The van der Waals surface area contributed by atoms with Gasteiger partial charge in [-0.25, -0.2) is 0 Å². The highest BCUT2D eigenvalue weighted by atomic mass is 79.9. The van der Waals surface area contributed by atoms with Gasteiger partial charge in [-0.3, -0.25) is 4.79 Å². The average molecular weight is 393 g/mol. The highest BCUT2D eigenvalue weighted by Crippen LogP contribution is 2.20. The normalized spacial score (nSPS) is 20.6. The van der Waals surface area contributed by atoms with E-state index in [1.54, 1.807) is 12.1 Å². The van der Waals surface area contributed by atoms with E-state index in [1.807, 2.05) is 24.3 Å². The van der Waals surface area contributed by atoms with Crippen molar-refractivity contribution in [2.24, 2.45) is 5.92 Å². The molecule has 2 heterocycles. The van der Waals surface area contributed by atoms with Gasteiger partial charge >= 0.3 is 0 Å². The van der Waals surface area contributed by atoms with E-state index in [9.17, 15) is 4.79 Å². The van der Waals surface area contributed by atoms with Crippen LogP contribution in [0.5, 0.6) is 5.75 Å². The molecule has 0 aliphatic carbocycles. The molecule has 2 aromatic rings. The Balaban J connectivity index is 1.55. The van der Waals surface area contributed by atoms with Gasteiger partial charge in [-0.15, -0.1) is 0 Å². The van der Waals surface area contributed by atoms with E-state index in [-0.39, 0.29) is 18.6 Å². The average Bonchev–Trinajstić information content (AvgIpc) is 3.04. The first-order chi connectivity index (χ1) is 11.6. The fourth-order valence-electron chi connectivity index (χ4n) is 2.71. The molecule has 0 spiro atoms. The molecular weight excluding hydrogens is 372 g/mol. The SMILES string of the molecule is CC1CCNCC1NC(=O)c1ccc(COc2cccc(Br)c2)o1. The Labute approximate surface area is 149 Å². The van der Waals surface area contributed by atoms with Gasteiger partial charge in [0.15, 0.2) is 5.76 Å². The first kappa shape index (κ1) is 17.0. The lowest BCUT2D eigenvalue weighted by Crippen LogP contribution is -2.50. The third-order valence-corrected chi connectivity index (χ3v) is 4.70. The molecule has 1 saturated heterocycles. The first-order valence-electron chi connectivity index (χ1n) is 8.10. The maximum Gasteiger partial charge on any atom is 0.287 e. The van der Waals surface area contributed by atoms with Gasteiger partial charge in [0.25, 0.3) is 5.91 Å². The van der Waals surface area contributed by atoms with Gasteiger partial charge in [0, 0.05) is 17.1 Å². The van der Waals surface area contributed by atoms with Crippen LogP contribution in [0.15, 0.2) is 45.3 Å². The van der Waals surface area contributed by atoms with Crippen LogP contribution in [0.4, 0.5) is 0 Å². The number of furan rings is 1. The number of carbonyl (C=O) groups is 1. The summed E-state index contributed by atoms with van der Waals surface area (Å²) in [4.78, 5) is 12.3. The minimum Gasteiger partial charge on any atom is -0.486 e. The van der Waals surface area contributed by atoms with Crippen molar-refractivity contribution >= 4 is 21.8 Å². The lowest BCUT2D eigenvalue weighted by molar-refractivity contribution is 0.0883. The van der Waals surface area contributed by atoms with Crippen LogP contribution in [0.25, 0.3) is 0 Å². The summed E-state index contributed by atoms with van der Waals surface area (Å²) >= 11 is 3.40. The fraction of sp³-hybridized carbons (Fsp3) is 0.389. The molecule has 1 fully saturated rings. The third-order valence-electron chi connectivity index (χ3n) is 4.21. The predicted octanol–water partition coefficient (Wildman–Crippen LogP) is 3.35. The molecule has 2 unspecified atom stereocenters. The summed E-state index contributed by atoms with van der Waals surface area (Å²) in [6, 6.07) is 11.2. The van der Waals surface area contributed by atoms with Crippen molar-refractivity contribution in [2.45, 2.75) is 26.0 Å². The molecule has 0 saturated carbocycles. The predicted molar refractivity (Wildman–Crippen MR) is 95.1 cm³/mol. The monoisotopic (exact) mass is 392 g/mol. The number of rotatable bonds is 5. The van der Waals surface area contributed by atoms with E-state index in [4.69, 9.17) is 9.15 Å². The zero-order valence-corrected chi connectivity index (χ0v) is 15.1. The number of piperidine rings is 1. The largest absolute Gasteiger partial charge is 0.486 e. The molecule has 0 radical (unpaired) electrons. The molecule has 0 bridgehead atoms. The topological polar surface area (TPSA) is 63.5 Å². The molecule has 1 aliphatic rings. The van der Waals surface area contributed by atoms with Gasteiger partial charge in [-0.2, -0.15) is 0 Å². The van der Waals surface area contributed by atoms with Crippen molar-refractivity contribution in [3.8, 4) is 5.75 Å². The molecule has 1 aromatic carbocycles. The van der Waals surface area contributed by atoms with Crippen LogP contribution in [-0.4, -0.2) is 25.0 Å². The number of amides is 1. The number of halogens is 1. The van der Waals surface area contributed by atoms with Gasteiger partial charge in [0.1, 0.15) is 18.1 Å². The molecular formula is C18H21BrN2O3. The number of carbonyl (C=O) groups excluding carboxylic acids is 1. The summed E-state index contributed by atoms with van der Waals surface area (Å²) < 4.78 is 12.2. The van der Waals surface area contributed by atoms with E-state index in [0.29, 0.717) is 17.4 Å². The molecule has 128 valence electrons. The van der Waals surface area contributed by atoms with Gasteiger partial charge < -0.3 is 19.8 Å². The van der Waals surface area contributed by atoms with E-state index < -0.39 is 0 Å². The Hall–Kier alpha value is -1.79. The molecule has 1 aromatic heterocycles. The van der Waals surface area contributed by atoms with Crippen LogP contribution >= 0.6 is 15.9 Å². The van der Waals surface area contributed by atoms with Crippen molar-refractivity contribution in [1.82, 2.24) is 10.6 Å². The Morgan fingerprint density at radius 3 is 3.08 bits per heavy atom. The minimum atomic E-state index is -0.177. The lowest BCUT2D eigenvalue weighted by atomic mass is 9.95. The number of benzene rings is 1. The lowest BCUT2D eigenvalue weighted by Gasteiger charge is -2.29. The van der Waals surface area contributed by atoms with Crippen molar-refractivity contribution in [1.29, 1.82) is 0 Å². The van der Waals surface area contributed by atoms with Crippen molar-refractivity contribution in [3.05, 3.63) is 52.4 Å². The highest BCUT2D eigenvalue weighted by Gasteiger charge is 2.24. The van der Waals surface area contributed by atoms with Crippen molar-refractivity contribution in [2.75, 3.05) is 13.1 Å². The molecule has 6 heteroatoms. The quantitative estimate of drug-likeness (QED) is 0.818. The summed E-state index contributed by atoms with van der Waals surface area (Å²) in [7, 11) is 0. The van der Waals surface area contributed by atoms with Crippen LogP contribution in [0.3, 0.4) is 0 Å². The zero-order valence-electron chi connectivity index (χ0n) is 13.5. The van der Waals surface area contributed by atoms with E-state index in [0.717, 1.165) is 29.7 Å². The molecule has 2 atom stereocenters. The molecule has 24 heavy (non-hydrogen) atoms. The second-order valence-corrected chi connectivity index (χ2v) is 6.98. The van der Waals surface area contributed by atoms with Crippen LogP contribution in [0.1, 0.15) is 29.7 Å². The van der Waals surface area contributed by atoms with E-state index >= 15 is 0 Å². The summed E-state index contributed by atoms with van der Waals surface area (Å²) in [6.07, 6.45) is 1.06. The molecule has 3 rings (SSSR count). The summed E-state index contributed by atoms with van der Waals surface area (Å²) in [6.45, 7) is 4.24.